The average molecular weight is 302 g/mol. The van der Waals surface area contributed by atoms with E-state index in [2.05, 4.69) is 31.2 Å². The summed E-state index contributed by atoms with van der Waals surface area (Å²) < 4.78 is 0. The number of nitrogens with one attached hydrogen (secondary N) is 2. The molecular weight excluding hydrogens is 285 g/mol. The van der Waals surface area contributed by atoms with Crippen molar-refractivity contribution in [3.05, 3.63) is 18.6 Å². The van der Waals surface area contributed by atoms with E-state index in [0.717, 1.165) is 42.4 Å². The Hall–Kier alpha value is -1.04. The Morgan fingerprint density at radius 3 is 3.00 bits per heavy atom. The molecular formula is C12H17Cl2N5. The van der Waals surface area contributed by atoms with Gasteiger partial charge in [-0.25, -0.2) is 9.97 Å². The number of hydrogen-bond donors (Lipinski definition) is 2. The van der Waals surface area contributed by atoms with Crippen LogP contribution in [0.3, 0.4) is 0 Å². The number of hydrogen-bond acceptors (Lipinski definition) is 4. The summed E-state index contributed by atoms with van der Waals surface area (Å²) in [7, 11) is 0. The molecule has 2 N–H and O–H groups in total. The molecule has 0 amide bonds. The molecule has 2 aromatic heterocycles. The third kappa shape index (κ3) is 2.16. The highest BCUT2D eigenvalue weighted by atomic mass is 35.5. The van der Waals surface area contributed by atoms with Crippen molar-refractivity contribution < 1.29 is 0 Å². The Labute approximate surface area is 124 Å². The highest BCUT2D eigenvalue weighted by molar-refractivity contribution is 5.87. The third-order valence-electron chi connectivity index (χ3n) is 4.05. The van der Waals surface area contributed by atoms with Crippen molar-refractivity contribution in [1.29, 1.82) is 0 Å². The number of anilines is 1. The van der Waals surface area contributed by atoms with Crippen molar-refractivity contribution >= 4 is 41.7 Å². The molecule has 104 valence electrons. The molecule has 2 aliphatic rings. The van der Waals surface area contributed by atoms with E-state index in [1.807, 2.05) is 6.20 Å². The molecule has 2 atom stereocenters. The molecule has 0 unspecified atom stereocenters. The summed E-state index contributed by atoms with van der Waals surface area (Å²) in [6.45, 7) is 3.36. The van der Waals surface area contributed by atoms with Gasteiger partial charge in [-0.2, -0.15) is 0 Å². The average Bonchev–Trinajstić information content (AvgIpc) is 3.04. The molecule has 0 aliphatic carbocycles. The largest absolute Gasteiger partial charge is 0.351 e. The van der Waals surface area contributed by atoms with Gasteiger partial charge in [0.15, 0.2) is 0 Å². The predicted octanol–water partition coefficient (Wildman–Crippen LogP) is 1.60. The quantitative estimate of drug-likeness (QED) is 0.840. The first-order chi connectivity index (χ1) is 8.43. The second-order valence-electron chi connectivity index (χ2n) is 4.90. The fourth-order valence-electron chi connectivity index (χ4n) is 3.20. The lowest BCUT2D eigenvalue weighted by Gasteiger charge is -2.24. The van der Waals surface area contributed by atoms with Crippen LogP contribution in [0.5, 0.6) is 0 Å². The summed E-state index contributed by atoms with van der Waals surface area (Å²) >= 11 is 0. The van der Waals surface area contributed by atoms with Crippen molar-refractivity contribution in [3.63, 3.8) is 0 Å². The highest BCUT2D eigenvalue weighted by Crippen LogP contribution is 2.33. The second-order valence-corrected chi connectivity index (χ2v) is 4.90. The van der Waals surface area contributed by atoms with Gasteiger partial charge in [-0.15, -0.1) is 24.8 Å². The zero-order valence-corrected chi connectivity index (χ0v) is 12.0. The second kappa shape index (κ2) is 5.53. The molecule has 4 rings (SSSR count). The van der Waals surface area contributed by atoms with Gasteiger partial charge in [-0.3, -0.25) is 0 Å². The Bertz CT molecular complexity index is 558. The lowest BCUT2D eigenvalue weighted by Crippen LogP contribution is -2.34. The van der Waals surface area contributed by atoms with Gasteiger partial charge in [-0.05, 0) is 18.4 Å². The SMILES string of the molecule is Cl.Cl.c1nc(N2CC[C@H]3CNC[C@H]32)c2cc[nH]c2n1. The van der Waals surface area contributed by atoms with Crippen molar-refractivity contribution in [2.75, 3.05) is 24.5 Å². The first-order valence-corrected chi connectivity index (χ1v) is 6.19. The van der Waals surface area contributed by atoms with Crippen LogP contribution in [0.4, 0.5) is 5.82 Å². The Kier molecular flexibility index (Phi) is 4.18. The topological polar surface area (TPSA) is 56.8 Å². The van der Waals surface area contributed by atoms with Gasteiger partial charge in [0.1, 0.15) is 17.8 Å². The van der Waals surface area contributed by atoms with Crippen molar-refractivity contribution in [2.24, 2.45) is 5.92 Å². The van der Waals surface area contributed by atoms with Crippen LogP contribution >= 0.6 is 24.8 Å². The van der Waals surface area contributed by atoms with E-state index in [9.17, 15) is 0 Å². The summed E-state index contributed by atoms with van der Waals surface area (Å²) in [5.74, 6) is 1.88. The lowest BCUT2D eigenvalue weighted by molar-refractivity contribution is 0.578. The number of nitrogens with zero attached hydrogens (tertiary/aromatic N) is 3. The number of H-pyrrole nitrogens is 1. The standard InChI is InChI=1S/C12H15N5.2ClH/c1-3-14-11-9(1)12(16-7-15-11)17-4-2-8-5-13-6-10(8)17;;/h1,3,7-8,10,13H,2,4-6H2,(H,14,15,16);2*1H/t8-,10+;;/m0../s1. The monoisotopic (exact) mass is 301 g/mol. The molecule has 4 heterocycles. The Balaban J connectivity index is 0.000000667. The number of fused-ring (bicyclic) bond motifs is 2. The van der Waals surface area contributed by atoms with Gasteiger partial charge < -0.3 is 15.2 Å². The van der Waals surface area contributed by atoms with E-state index in [4.69, 9.17) is 0 Å². The highest BCUT2D eigenvalue weighted by Gasteiger charge is 2.38. The van der Waals surface area contributed by atoms with Crippen LogP contribution in [0, 0.1) is 5.92 Å². The molecule has 2 saturated heterocycles. The van der Waals surface area contributed by atoms with Crippen LogP contribution in [-0.4, -0.2) is 40.6 Å². The normalized spacial score (nSPS) is 24.9. The molecule has 5 nitrogen and oxygen atoms in total. The molecule has 0 saturated carbocycles. The first-order valence-electron chi connectivity index (χ1n) is 6.19. The predicted molar refractivity (Wildman–Crippen MR) is 80.5 cm³/mol. The summed E-state index contributed by atoms with van der Waals surface area (Å²) in [6.07, 6.45) is 4.86. The van der Waals surface area contributed by atoms with Crippen molar-refractivity contribution in [1.82, 2.24) is 20.3 Å². The number of aromatic nitrogens is 3. The molecule has 2 fully saturated rings. The van der Waals surface area contributed by atoms with Gasteiger partial charge in [-0.1, -0.05) is 0 Å². The van der Waals surface area contributed by atoms with Gasteiger partial charge in [0.2, 0.25) is 0 Å². The maximum absolute atomic E-state index is 4.49. The van der Waals surface area contributed by atoms with Gasteiger partial charge in [0, 0.05) is 31.9 Å². The van der Waals surface area contributed by atoms with E-state index in [1.165, 1.54) is 6.42 Å². The van der Waals surface area contributed by atoms with Crippen LogP contribution in [-0.2, 0) is 0 Å². The van der Waals surface area contributed by atoms with Crippen LogP contribution in [0.15, 0.2) is 18.6 Å². The smallest absolute Gasteiger partial charge is 0.142 e. The van der Waals surface area contributed by atoms with E-state index in [1.54, 1.807) is 6.33 Å². The first kappa shape index (κ1) is 14.4. The molecule has 0 bridgehead atoms. The summed E-state index contributed by atoms with van der Waals surface area (Å²) in [6, 6.07) is 2.68. The molecule has 0 spiro atoms. The third-order valence-corrected chi connectivity index (χ3v) is 4.05. The summed E-state index contributed by atoms with van der Waals surface area (Å²) in [4.78, 5) is 14.3. The zero-order valence-electron chi connectivity index (χ0n) is 10.4. The minimum Gasteiger partial charge on any atom is -0.351 e. The minimum absolute atomic E-state index is 0. The van der Waals surface area contributed by atoms with Crippen molar-refractivity contribution in [2.45, 2.75) is 12.5 Å². The van der Waals surface area contributed by atoms with Gasteiger partial charge in [0.05, 0.1) is 5.39 Å². The Morgan fingerprint density at radius 1 is 1.21 bits per heavy atom. The fourth-order valence-corrected chi connectivity index (χ4v) is 3.20. The van der Waals surface area contributed by atoms with E-state index in [0.29, 0.717) is 6.04 Å². The maximum Gasteiger partial charge on any atom is 0.142 e. The maximum atomic E-state index is 4.49. The molecule has 7 heteroatoms. The molecule has 2 aliphatic heterocycles. The molecule has 0 aromatic carbocycles. The molecule has 19 heavy (non-hydrogen) atoms. The van der Waals surface area contributed by atoms with Crippen molar-refractivity contribution in [3.8, 4) is 0 Å². The summed E-state index contributed by atoms with van der Waals surface area (Å²) in [5.41, 5.74) is 0.935. The molecule has 2 aromatic rings. The Morgan fingerprint density at radius 2 is 2.11 bits per heavy atom. The van der Waals surface area contributed by atoms with Gasteiger partial charge >= 0.3 is 0 Å². The minimum atomic E-state index is 0. The number of halogens is 2. The van der Waals surface area contributed by atoms with Crippen LogP contribution < -0.4 is 10.2 Å². The van der Waals surface area contributed by atoms with Crippen LogP contribution in [0.2, 0.25) is 0 Å². The summed E-state index contributed by atoms with van der Waals surface area (Å²) in [5, 5.41) is 4.61. The fraction of sp³-hybridized carbons (Fsp3) is 0.500. The van der Waals surface area contributed by atoms with E-state index in [-0.39, 0.29) is 24.8 Å². The van der Waals surface area contributed by atoms with Crippen LogP contribution in [0.25, 0.3) is 11.0 Å². The number of aromatic amines is 1. The van der Waals surface area contributed by atoms with Crippen LogP contribution in [0.1, 0.15) is 6.42 Å². The number of rotatable bonds is 1. The molecule has 0 radical (unpaired) electrons. The lowest BCUT2D eigenvalue weighted by atomic mass is 10.1. The van der Waals surface area contributed by atoms with Gasteiger partial charge in [0.25, 0.3) is 0 Å². The zero-order chi connectivity index (χ0) is 11.2. The van der Waals surface area contributed by atoms with E-state index >= 15 is 0 Å². The van der Waals surface area contributed by atoms with E-state index < -0.39 is 0 Å².